The van der Waals surface area contributed by atoms with Crippen LogP contribution < -0.4 is 4.74 Å². The van der Waals surface area contributed by atoms with Crippen molar-refractivity contribution in [1.82, 2.24) is 0 Å². The molecule has 20 heavy (non-hydrogen) atoms. The number of rotatable bonds is 2. The second kappa shape index (κ2) is 5.36. The summed E-state index contributed by atoms with van der Waals surface area (Å²) in [5.41, 5.74) is 0.456. The van der Waals surface area contributed by atoms with E-state index in [4.69, 9.17) is 4.74 Å². The smallest absolute Gasteiger partial charge is 0.128 e. The quantitative estimate of drug-likeness (QED) is 0.870. The van der Waals surface area contributed by atoms with E-state index in [-0.39, 0.29) is 11.4 Å². The fraction of sp³-hybridized carbons (Fsp3) is 0.647. The third-order valence-electron chi connectivity index (χ3n) is 4.94. The molecule has 1 aliphatic carbocycles. The molecule has 1 aliphatic heterocycles. The van der Waals surface area contributed by atoms with Gasteiger partial charge in [-0.2, -0.15) is 0 Å². The van der Waals surface area contributed by atoms with E-state index in [0.717, 1.165) is 37.2 Å². The van der Waals surface area contributed by atoms with E-state index >= 15 is 0 Å². The molecule has 0 saturated heterocycles. The maximum atomic E-state index is 13.4. The lowest BCUT2D eigenvalue weighted by Crippen LogP contribution is -2.44. The van der Waals surface area contributed by atoms with E-state index < -0.39 is 6.10 Å². The van der Waals surface area contributed by atoms with E-state index in [9.17, 15) is 9.50 Å². The van der Waals surface area contributed by atoms with Crippen LogP contribution in [0.3, 0.4) is 0 Å². The van der Waals surface area contributed by atoms with Crippen molar-refractivity contribution in [2.75, 3.05) is 0 Å². The Morgan fingerprint density at radius 1 is 1.35 bits per heavy atom. The molecule has 2 nitrogen and oxygen atoms in total. The first kappa shape index (κ1) is 13.9. The fourth-order valence-electron chi connectivity index (χ4n) is 3.82. The standard InChI is InChI=1S/C17H23FO2/c1-2-3-12-6-8-17(9-7-12)11-15(19)14-5-4-13(18)10-16(14)20-17/h4-5,10,12,15,19H,2-3,6-9,11H2,1H3/t12?,15-,17?/m1/s1. The highest BCUT2D eigenvalue weighted by Crippen LogP contribution is 2.47. The minimum Gasteiger partial charge on any atom is -0.487 e. The molecule has 3 heteroatoms. The summed E-state index contributed by atoms with van der Waals surface area (Å²) in [5.74, 6) is 1.03. The van der Waals surface area contributed by atoms with Crippen LogP contribution in [0.1, 0.15) is 63.5 Å². The maximum Gasteiger partial charge on any atom is 0.128 e. The molecule has 1 aromatic carbocycles. The lowest BCUT2D eigenvalue weighted by Gasteiger charge is -2.45. The molecule has 0 radical (unpaired) electrons. The monoisotopic (exact) mass is 278 g/mol. The molecule has 2 aliphatic rings. The van der Waals surface area contributed by atoms with Crippen LogP contribution >= 0.6 is 0 Å². The van der Waals surface area contributed by atoms with Crippen LogP contribution in [0.25, 0.3) is 0 Å². The molecule has 3 rings (SSSR count). The lowest BCUT2D eigenvalue weighted by molar-refractivity contribution is -0.0476. The Morgan fingerprint density at radius 2 is 2.10 bits per heavy atom. The second-order valence-corrected chi connectivity index (χ2v) is 6.42. The molecule has 0 unspecified atom stereocenters. The molecule has 1 heterocycles. The van der Waals surface area contributed by atoms with Crippen molar-refractivity contribution in [2.24, 2.45) is 5.92 Å². The highest BCUT2D eigenvalue weighted by atomic mass is 19.1. The number of aliphatic hydroxyl groups is 1. The first-order valence-corrected chi connectivity index (χ1v) is 7.78. The third-order valence-corrected chi connectivity index (χ3v) is 4.94. The van der Waals surface area contributed by atoms with Crippen molar-refractivity contribution >= 4 is 0 Å². The van der Waals surface area contributed by atoms with Gasteiger partial charge >= 0.3 is 0 Å². The number of ether oxygens (including phenoxy) is 1. The van der Waals surface area contributed by atoms with Gasteiger partial charge in [0.15, 0.2) is 0 Å². The third kappa shape index (κ3) is 2.56. The molecular formula is C17H23FO2. The number of hydrogen-bond acceptors (Lipinski definition) is 2. The molecule has 0 amide bonds. The van der Waals surface area contributed by atoms with E-state index in [1.54, 1.807) is 6.07 Å². The zero-order valence-corrected chi connectivity index (χ0v) is 12.1. The predicted molar refractivity (Wildman–Crippen MR) is 76.2 cm³/mol. The van der Waals surface area contributed by atoms with E-state index in [1.165, 1.54) is 25.0 Å². The first-order valence-electron chi connectivity index (χ1n) is 7.78. The SMILES string of the molecule is CCCC1CCC2(CC1)C[C@@H](O)c1ccc(F)cc1O2. The summed E-state index contributed by atoms with van der Waals surface area (Å²) in [6.07, 6.45) is 6.90. The molecule has 1 atom stereocenters. The van der Waals surface area contributed by atoms with Gasteiger partial charge in [0.25, 0.3) is 0 Å². The van der Waals surface area contributed by atoms with E-state index in [0.29, 0.717) is 12.2 Å². The van der Waals surface area contributed by atoms with Crippen LogP contribution in [0.2, 0.25) is 0 Å². The minimum absolute atomic E-state index is 0.273. The molecule has 1 spiro atoms. The fourth-order valence-corrected chi connectivity index (χ4v) is 3.82. The molecule has 0 aromatic heterocycles. The van der Waals surface area contributed by atoms with Gasteiger partial charge in [0.2, 0.25) is 0 Å². The number of aliphatic hydroxyl groups excluding tert-OH is 1. The number of benzene rings is 1. The zero-order valence-electron chi connectivity index (χ0n) is 12.1. The zero-order chi connectivity index (χ0) is 14.2. The van der Waals surface area contributed by atoms with Gasteiger partial charge in [-0.25, -0.2) is 4.39 Å². The Labute approximate surface area is 120 Å². The summed E-state index contributed by atoms with van der Waals surface area (Å²) in [6, 6.07) is 4.45. The summed E-state index contributed by atoms with van der Waals surface area (Å²) < 4.78 is 19.5. The van der Waals surface area contributed by atoms with Gasteiger partial charge in [0, 0.05) is 18.1 Å². The molecule has 110 valence electrons. The van der Waals surface area contributed by atoms with Gasteiger partial charge in [0.1, 0.15) is 17.2 Å². The number of hydrogen-bond donors (Lipinski definition) is 1. The number of halogens is 1. The maximum absolute atomic E-state index is 13.4. The van der Waals surface area contributed by atoms with Gasteiger partial charge < -0.3 is 9.84 Å². The lowest BCUT2D eigenvalue weighted by atomic mass is 9.73. The predicted octanol–water partition coefficient (Wildman–Crippen LogP) is 4.37. The van der Waals surface area contributed by atoms with Gasteiger partial charge in [-0.05, 0) is 43.7 Å². The van der Waals surface area contributed by atoms with E-state index in [2.05, 4.69) is 6.92 Å². The highest BCUT2D eigenvalue weighted by Gasteiger charge is 2.43. The average molecular weight is 278 g/mol. The molecule has 1 fully saturated rings. The van der Waals surface area contributed by atoms with Crippen LogP contribution in [-0.2, 0) is 0 Å². The Kier molecular flexibility index (Phi) is 3.72. The van der Waals surface area contributed by atoms with Crippen molar-refractivity contribution in [3.05, 3.63) is 29.6 Å². The van der Waals surface area contributed by atoms with Crippen LogP contribution in [-0.4, -0.2) is 10.7 Å². The molecule has 1 saturated carbocycles. The van der Waals surface area contributed by atoms with Crippen LogP contribution in [0.4, 0.5) is 4.39 Å². The van der Waals surface area contributed by atoms with Gasteiger partial charge in [-0.1, -0.05) is 19.8 Å². The highest BCUT2D eigenvalue weighted by molar-refractivity contribution is 5.38. The van der Waals surface area contributed by atoms with Crippen molar-refractivity contribution in [3.63, 3.8) is 0 Å². The Balaban J connectivity index is 1.77. The molecular weight excluding hydrogens is 255 g/mol. The normalized spacial score (nSPS) is 32.8. The Hall–Kier alpha value is -1.09. The summed E-state index contributed by atoms with van der Waals surface area (Å²) in [5, 5.41) is 10.3. The Morgan fingerprint density at radius 3 is 2.80 bits per heavy atom. The largest absolute Gasteiger partial charge is 0.487 e. The second-order valence-electron chi connectivity index (χ2n) is 6.42. The summed E-state index contributed by atoms with van der Waals surface area (Å²) >= 11 is 0. The van der Waals surface area contributed by atoms with Gasteiger partial charge in [-0.15, -0.1) is 0 Å². The van der Waals surface area contributed by atoms with Crippen LogP contribution in [0.15, 0.2) is 18.2 Å². The van der Waals surface area contributed by atoms with Crippen molar-refractivity contribution in [3.8, 4) is 5.75 Å². The topological polar surface area (TPSA) is 29.5 Å². The molecule has 1 aromatic rings. The van der Waals surface area contributed by atoms with Crippen molar-refractivity contribution < 1.29 is 14.2 Å². The molecule has 0 bridgehead atoms. The summed E-state index contributed by atoms with van der Waals surface area (Å²) in [4.78, 5) is 0. The Bertz CT molecular complexity index is 478. The van der Waals surface area contributed by atoms with Crippen molar-refractivity contribution in [1.29, 1.82) is 0 Å². The van der Waals surface area contributed by atoms with Crippen LogP contribution in [0, 0.1) is 11.7 Å². The van der Waals surface area contributed by atoms with Crippen LogP contribution in [0.5, 0.6) is 5.75 Å². The minimum atomic E-state index is -0.526. The van der Waals surface area contributed by atoms with Gasteiger partial charge in [0.05, 0.1) is 6.10 Å². The molecule has 1 N–H and O–H groups in total. The summed E-state index contributed by atoms with van der Waals surface area (Å²) in [6.45, 7) is 2.23. The average Bonchev–Trinajstić information content (AvgIpc) is 2.41. The van der Waals surface area contributed by atoms with Gasteiger partial charge in [-0.3, -0.25) is 0 Å². The first-order chi connectivity index (χ1) is 9.62. The number of fused-ring (bicyclic) bond motifs is 1. The van der Waals surface area contributed by atoms with E-state index in [1.807, 2.05) is 0 Å². The van der Waals surface area contributed by atoms with Crippen molar-refractivity contribution in [2.45, 2.75) is 63.6 Å². The summed E-state index contributed by atoms with van der Waals surface area (Å²) in [7, 11) is 0.